The first-order chi connectivity index (χ1) is 13.0. The summed E-state index contributed by atoms with van der Waals surface area (Å²) in [7, 11) is 0. The second kappa shape index (κ2) is 7.69. The van der Waals surface area contributed by atoms with Gasteiger partial charge in [0, 0.05) is 12.5 Å². The van der Waals surface area contributed by atoms with Crippen LogP contribution in [0.2, 0.25) is 5.15 Å². The van der Waals surface area contributed by atoms with Crippen molar-refractivity contribution in [2.24, 2.45) is 0 Å². The number of aromatic nitrogens is 4. The van der Waals surface area contributed by atoms with Crippen LogP contribution in [0.25, 0.3) is 5.52 Å². The summed E-state index contributed by atoms with van der Waals surface area (Å²) >= 11 is 6.14. The highest BCUT2D eigenvalue weighted by molar-refractivity contribution is 6.32. The van der Waals surface area contributed by atoms with Crippen LogP contribution in [0.15, 0.2) is 6.20 Å². The fourth-order valence-corrected chi connectivity index (χ4v) is 3.25. The number of likely N-dealkylation sites (tertiary alicyclic amines) is 1. The third kappa shape index (κ3) is 4.45. The number of imidazole rings is 1. The highest BCUT2D eigenvalue weighted by Crippen LogP contribution is 2.24. The number of alkyl halides is 1. The Kier molecular flexibility index (Phi) is 5.65. The number of carbonyl (C=O) groups excluding carboxylic acids is 1. The molecule has 28 heavy (non-hydrogen) atoms. The van der Waals surface area contributed by atoms with Crippen LogP contribution in [0.4, 0.5) is 15.1 Å². The van der Waals surface area contributed by atoms with Crippen molar-refractivity contribution in [2.45, 2.75) is 64.8 Å². The van der Waals surface area contributed by atoms with E-state index in [4.69, 9.17) is 16.3 Å². The Morgan fingerprint density at radius 2 is 2.14 bits per heavy atom. The van der Waals surface area contributed by atoms with E-state index >= 15 is 0 Å². The number of ether oxygens (including phenoxy) is 1. The molecule has 3 heterocycles. The number of nitrogens with one attached hydrogen (secondary N) is 1. The van der Waals surface area contributed by atoms with Crippen molar-refractivity contribution >= 4 is 29.2 Å². The van der Waals surface area contributed by atoms with Crippen LogP contribution in [-0.4, -0.2) is 61.5 Å². The number of anilines is 1. The molecule has 0 saturated carbocycles. The van der Waals surface area contributed by atoms with Gasteiger partial charge in [-0.25, -0.2) is 23.7 Å². The van der Waals surface area contributed by atoms with Gasteiger partial charge in [0.25, 0.3) is 0 Å². The Morgan fingerprint density at radius 3 is 2.75 bits per heavy atom. The zero-order valence-corrected chi connectivity index (χ0v) is 17.5. The Balaban J connectivity index is 1.69. The molecule has 0 bridgehead atoms. The van der Waals surface area contributed by atoms with Crippen molar-refractivity contribution in [2.75, 3.05) is 18.4 Å². The lowest BCUT2D eigenvalue weighted by Gasteiger charge is -2.35. The quantitative estimate of drug-likeness (QED) is 0.828. The molecule has 2 atom stereocenters. The number of amides is 1. The topological polar surface area (TPSA) is 84.7 Å². The molecule has 2 aromatic rings. The van der Waals surface area contributed by atoms with Gasteiger partial charge in [-0.3, -0.25) is 0 Å². The van der Waals surface area contributed by atoms with E-state index in [0.29, 0.717) is 35.4 Å². The number of piperidine rings is 1. The van der Waals surface area contributed by atoms with Crippen LogP contribution in [0.1, 0.15) is 52.8 Å². The average molecular weight is 413 g/mol. The Labute approximate surface area is 168 Å². The van der Waals surface area contributed by atoms with E-state index in [2.05, 4.69) is 20.4 Å². The molecule has 10 heteroatoms. The molecule has 1 aliphatic heterocycles. The zero-order chi connectivity index (χ0) is 20.6. The van der Waals surface area contributed by atoms with Gasteiger partial charge in [0.15, 0.2) is 5.15 Å². The standard InChI is InChI=1S/C18H26ClFN6O2/c1-10(2)15-23-14(19)13-8-21-16(24-26(13)15)22-12-6-7-25(9-11(12)20)17(27)28-18(3,4)5/h8,10-12H,6-7,9H2,1-5H3,(H,22,24)/t11-,12-/m1/s1. The van der Waals surface area contributed by atoms with Crippen molar-refractivity contribution < 1.29 is 13.9 Å². The summed E-state index contributed by atoms with van der Waals surface area (Å²) in [6.45, 7) is 9.69. The summed E-state index contributed by atoms with van der Waals surface area (Å²) in [5.41, 5.74) is -0.00555. The smallest absolute Gasteiger partial charge is 0.410 e. The van der Waals surface area contributed by atoms with Crippen LogP contribution in [0.5, 0.6) is 0 Å². The maximum absolute atomic E-state index is 14.7. The van der Waals surface area contributed by atoms with E-state index < -0.39 is 23.9 Å². The summed E-state index contributed by atoms with van der Waals surface area (Å²) in [5, 5.41) is 7.80. The second-order valence-electron chi connectivity index (χ2n) is 8.28. The summed E-state index contributed by atoms with van der Waals surface area (Å²) in [5.74, 6) is 1.12. The average Bonchev–Trinajstić information content (AvgIpc) is 2.92. The minimum absolute atomic E-state index is 0.0387. The molecular weight excluding hydrogens is 387 g/mol. The van der Waals surface area contributed by atoms with Gasteiger partial charge in [-0.05, 0) is 27.2 Å². The van der Waals surface area contributed by atoms with Crippen molar-refractivity contribution in [1.82, 2.24) is 24.5 Å². The molecule has 1 amide bonds. The molecule has 1 aliphatic rings. The predicted octanol–water partition coefficient (Wildman–Crippen LogP) is 3.66. The summed E-state index contributed by atoms with van der Waals surface area (Å²) < 4.78 is 21.6. The number of carbonyl (C=O) groups is 1. The van der Waals surface area contributed by atoms with Gasteiger partial charge in [-0.2, -0.15) is 0 Å². The molecule has 1 saturated heterocycles. The summed E-state index contributed by atoms with van der Waals surface area (Å²) in [4.78, 5) is 22.1. The van der Waals surface area contributed by atoms with Crippen LogP contribution in [0.3, 0.4) is 0 Å². The lowest BCUT2D eigenvalue weighted by Crippen LogP contribution is -2.51. The number of hydrogen-bond acceptors (Lipinski definition) is 6. The van der Waals surface area contributed by atoms with Crippen LogP contribution < -0.4 is 5.32 Å². The van der Waals surface area contributed by atoms with Gasteiger partial charge in [0.1, 0.15) is 23.1 Å². The van der Waals surface area contributed by atoms with E-state index in [9.17, 15) is 9.18 Å². The first-order valence-corrected chi connectivity index (χ1v) is 9.72. The normalized spacial score (nSPS) is 20.6. The van der Waals surface area contributed by atoms with E-state index in [1.165, 1.54) is 4.90 Å². The molecule has 8 nitrogen and oxygen atoms in total. The monoisotopic (exact) mass is 412 g/mol. The lowest BCUT2D eigenvalue weighted by molar-refractivity contribution is 0.0125. The van der Waals surface area contributed by atoms with Gasteiger partial charge in [-0.15, -0.1) is 5.10 Å². The van der Waals surface area contributed by atoms with Crippen LogP contribution in [0, 0.1) is 0 Å². The number of nitrogens with zero attached hydrogens (tertiary/aromatic N) is 5. The number of fused-ring (bicyclic) bond motifs is 1. The van der Waals surface area contributed by atoms with Gasteiger partial charge < -0.3 is 15.0 Å². The fraction of sp³-hybridized carbons (Fsp3) is 0.667. The van der Waals surface area contributed by atoms with Crippen LogP contribution in [-0.2, 0) is 4.74 Å². The molecule has 0 aromatic carbocycles. The summed E-state index contributed by atoms with van der Waals surface area (Å²) in [6.07, 6.45) is 0.223. The van der Waals surface area contributed by atoms with Crippen molar-refractivity contribution in [3.05, 3.63) is 17.2 Å². The van der Waals surface area contributed by atoms with E-state index in [0.717, 1.165) is 0 Å². The molecule has 154 valence electrons. The van der Waals surface area contributed by atoms with Crippen molar-refractivity contribution in [1.29, 1.82) is 0 Å². The lowest BCUT2D eigenvalue weighted by atomic mass is 10.0. The highest BCUT2D eigenvalue weighted by atomic mass is 35.5. The largest absolute Gasteiger partial charge is 0.444 e. The molecular formula is C18H26ClFN6O2. The van der Waals surface area contributed by atoms with Gasteiger partial charge >= 0.3 is 6.09 Å². The third-order valence-corrected chi connectivity index (χ3v) is 4.68. The minimum Gasteiger partial charge on any atom is -0.444 e. The van der Waals surface area contributed by atoms with Crippen LogP contribution >= 0.6 is 11.6 Å². The number of halogens is 2. The molecule has 1 fully saturated rings. The third-order valence-electron chi connectivity index (χ3n) is 4.40. The minimum atomic E-state index is -1.27. The first kappa shape index (κ1) is 20.6. The Morgan fingerprint density at radius 1 is 1.43 bits per heavy atom. The second-order valence-corrected chi connectivity index (χ2v) is 8.63. The summed E-state index contributed by atoms with van der Waals surface area (Å²) in [6, 6.07) is -0.502. The van der Waals surface area contributed by atoms with E-state index in [1.54, 1.807) is 31.5 Å². The Bertz CT molecular complexity index is 866. The first-order valence-electron chi connectivity index (χ1n) is 9.35. The van der Waals surface area contributed by atoms with Gasteiger partial charge in [-0.1, -0.05) is 25.4 Å². The molecule has 0 radical (unpaired) electrons. The highest BCUT2D eigenvalue weighted by Gasteiger charge is 2.34. The zero-order valence-electron chi connectivity index (χ0n) is 16.7. The molecule has 2 aromatic heterocycles. The predicted molar refractivity (Wildman–Crippen MR) is 105 cm³/mol. The maximum Gasteiger partial charge on any atom is 0.410 e. The molecule has 0 unspecified atom stereocenters. The molecule has 1 N–H and O–H groups in total. The molecule has 0 aliphatic carbocycles. The molecule has 0 spiro atoms. The number of rotatable bonds is 3. The van der Waals surface area contributed by atoms with Crippen molar-refractivity contribution in [3.8, 4) is 0 Å². The van der Waals surface area contributed by atoms with Gasteiger partial charge in [0.2, 0.25) is 5.95 Å². The fourth-order valence-electron chi connectivity index (χ4n) is 3.04. The maximum atomic E-state index is 14.7. The van der Waals surface area contributed by atoms with Gasteiger partial charge in [0.05, 0.1) is 18.8 Å². The Hall–Kier alpha value is -2.16. The van der Waals surface area contributed by atoms with E-state index in [-0.39, 0.29) is 12.5 Å². The van der Waals surface area contributed by atoms with E-state index in [1.807, 2.05) is 13.8 Å². The molecule has 3 rings (SSSR count). The SMILES string of the molecule is CC(C)c1nc(Cl)c2cnc(N[C@@H]3CCN(C(=O)OC(C)(C)C)C[C@H]3F)nn12. The number of hydrogen-bond donors (Lipinski definition) is 1. The van der Waals surface area contributed by atoms with Crippen molar-refractivity contribution in [3.63, 3.8) is 0 Å².